The van der Waals surface area contributed by atoms with Crippen molar-refractivity contribution in [1.82, 2.24) is 0 Å². The normalized spacial score (nSPS) is 13.5. The predicted octanol–water partition coefficient (Wildman–Crippen LogP) is 3.15. The minimum absolute atomic E-state index is 0.0614. The molecule has 1 rings (SSSR count). The molecule has 2 N–H and O–H groups in total. The Labute approximate surface area is 89.3 Å². The smallest absolute Gasteiger partial charge is 0.245 e. The Balaban J connectivity index is 2.92. The first-order chi connectivity index (χ1) is 7.06. The molecule has 1 atom stereocenters. The molecule has 1 aromatic carbocycles. The average molecular weight is 213 g/mol. The summed E-state index contributed by atoms with van der Waals surface area (Å²) in [5.41, 5.74) is 7.11. The van der Waals surface area contributed by atoms with Crippen LogP contribution in [0.5, 0.6) is 0 Å². The van der Waals surface area contributed by atoms with E-state index in [1.54, 1.807) is 12.1 Å². The minimum Gasteiger partial charge on any atom is -0.326 e. The first-order valence-corrected chi connectivity index (χ1v) is 5.13. The van der Waals surface area contributed by atoms with E-state index >= 15 is 0 Å². The van der Waals surface area contributed by atoms with E-state index in [9.17, 15) is 8.78 Å². The van der Waals surface area contributed by atoms with Gasteiger partial charge in [0.15, 0.2) is 0 Å². The molecule has 0 bridgehead atoms. The van der Waals surface area contributed by atoms with Crippen LogP contribution in [0, 0.1) is 5.92 Å². The van der Waals surface area contributed by atoms with Gasteiger partial charge < -0.3 is 5.73 Å². The van der Waals surface area contributed by atoms with Crippen LogP contribution in [-0.2, 0) is 6.54 Å². The van der Waals surface area contributed by atoms with Crippen LogP contribution >= 0.6 is 0 Å². The topological polar surface area (TPSA) is 26.0 Å². The molecule has 0 aliphatic rings. The van der Waals surface area contributed by atoms with Gasteiger partial charge >= 0.3 is 0 Å². The second-order valence-electron chi connectivity index (χ2n) is 4.05. The van der Waals surface area contributed by atoms with E-state index in [-0.39, 0.29) is 5.92 Å². The van der Waals surface area contributed by atoms with Crippen LogP contribution < -0.4 is 5.73 Å². The van der Waals surface area contributed by atoms with Crippen molar-refractivity contribution >= 4 is 0 Å². The Kier molecular flexibility index (Phi) is 4.21. The maximum Gasteiger partial charge on any atom is 0.245 e. The summed E-state index contributed by atoms with van der Waals surface area (Å²) in [5.74, 6) is -0.745. The van der Waals surface area contributed by atoms with Crippen LogP contribution in [-0.4, -0.2) is 6.43 Å². The molecule has 84 valence electrons. The van der Waals surface area contributed by atoms with Crippen LogP contribution in [0.2, 0.25) is 0 Å². The van der Waals surface area contributed by atoms with E-state index in [1.807, 2.05) is 26.0 Å². The van der Waals surface area contributed by atoms with Crippen molar-refractivity contribution in [3.63, 3.8) is 0 Å². The monoisotopic (exact) mass is 213 g/mol. The van der Waals surface area contributed by atoms with Gasteiger partial charge in [0.25, 0.3) is 0 Å². The van der Waals surface area contributed by atoms with Crippen molar-refractivity contribution in [3.8, 4) is 0 Å². The molecule has 1 nitrogen and oxygen atoms in total. The van der Waals surface area contributed by atoms with Gasteiger partial charge in [-0.15, -0.1) is 0 Å². The predicted molar refractivity (Wildman–Crippen MR) is 57.9 cm³/mol. The number of nitrogens with two attached hydrogens (primary N) is 1. The second kappa shape index (κ2) is 5.21. The Morgan fingerprint density at radius 2 is 1.67 bits per heavy atom. The van der Waals surface area contributed by atoms with Crippen molar-refractivity contribution < 1.29 is 8.78 Å². The zero-order chi connectivity index (χ0) is 11.4. The van der Waals surface area contributed by atoms with E-state index in [0.717, 1.165) is 5.56 Å². The van der Waals surface area contributed by atoms with Crippen LogP contribution in [0.25, 0.3) is 0 Å². The molecule has 0 spiro atoms. The fourth-order valence-electron chi connectivity index (χ4n) is 1.70. The number of hydrogen-bond acceptors (Lipinski definition) is 1. The van der Waals surface area contributed by atoms with Gasteiger partial charge in [0, 0.05) is 12.5 Å². The molecule has 0 radical (unpaired) electrons. The molecule has 0 saturated heterocycles. The van der Waals surface area contributed by atoms with Gasteiger partial charge in [-0.25, -0.2) is 8.78 Å². The van der Waals surface area contributed by atoms with Gasteiger partial charge in [-0.05, 0) is 17.0 Å². The molecule has 0 aliphatic heterocycles. The van der Waals surface area contributed by atoms with E-state index in [2.05, 4.69) is 0 Å². The third-order valence-electron chi connectivity index (χ3n) is 2.59. The summed E-state index contributed by atoms with van der Waals surface area (Å²) in [7, 11) is 0. The number of hydrogen-bond donors (Lipinski definition) is 1. The largest absolute Gasteiger partial charge is 0.326 e. The lowest BCUT2D eigenvalue weighted by molar-refractivity contribution is 0.0934. The van der Waals surface area contributed by atoms with E-state index in [0.29, 0.717) is 12.1 Å². The molecule has 15 heavy (non-hydrogen) atoms. The highest BCUT2D eigenvalue weighted by molar-refractivity contribution is 5.26. The summed E-state index contributed by atoms with van der Waals surface area (Å²) >= 11 is 0. The number of benzene rings is 1. The van der Waals surface area contributed by atoms with Crippen LogP contribution in [0.3, 0.4) is 0 Å². The molecular formula is C12H17F2N. The SMILES string of the molecule is CC(C)C(c1ccc(CN)cc1)C(F)F. The third kappa shape index (κ3) is 2.99. The Morgan fingerprint density at radius 3 is 2.00 bits per heavy atom. The maximum atomic E-state index is 12.8. The van der Waals surface area contributed by atoms with Crippen molar-refractivity contribution in [1.29, 1.82) is 0 Å². The minimum atomic E-state index is -2.31. The van der Waals surface area contributed by atoms with Gasteiger partial charge in [-0.3, -0.25) is 0 Å². The van der Waals surface area contributed by atoms with Crippen molar-refractivity contribution in [2.45, 2.75) is 32.7 Å². The Morgan fingerprint density at radius 1 is 1.13 bits per heavy atom. The average Bonchev–Trinajstić information content (AvgIpc) is 2.18. The van der Waals surface area contributed by atoms with Crippen molar-refractivity contribution in [2.75, 3.05) is 0 Å². The summed E-state index contributed by atoms with van der Waals surface area (Å²) in [4.78, 5) is 0. The molecular weight excluding hydrogens is 196 g/mol. The highest BCUT2D eigenvalue weighted by atomic mass is 19.3. The van der Waals surface area contributed by atoms with Gasteiger partial charge in [-0.1, -0.05) is 38.1 Å². The molecule has 0 amide bonds. The lowest BCUT2D eigenvalue weighted by Crippen LogP contribution is -2.15. The zero-order valence-electron chi connectivity index (χ0n) is 9.08. The molecule has 0 saturated carbocycles. The van der Waals surface area contributed by atoms with Crippen molar-refractivity contribution in [2.24, 2.45) is 11.7 Å². The maximum absolute atomic E-state index is 12.8. The highest BCUT2D eigenvalue weighted by Crippen LogP contribution is 2.30. The second-order valence-corrected chi connectivity index (χ2v) is 4.05. The fourth-order valence-corrected chi connectivity index (χ4v) is 1.70. The highest BCUT2D eigenvalue weighted by Gasteiger charge is 2.25. The number of alkyl halides is 2. The summed E-state index contributed by atoms with van der Waals surface area (Å²) in [5, 5.41) is 0. The standard InChI is InChI=1S/C12H17F2N/c1-8(2)11(12(13)14)10-5-3-9(7-15)4-6-10/h3-6,8,11-12H,7,15H2,1-2H3. The fraction of sp³-hybridized carbons (Fsp3) is 0.500. The summed E-state index contributed by atoms with van der Waals surface area (Å²) < 4.78 is 25.6. The molecule has 1 unspecified atom stereocenters. The number of rotatable bonds is 4. The van der Waals surface area contributed by atoms with Gasteiger partial charge in [0.1, 0.15) is 0 Å². The first-order valence-electron chi connectivity index (χ1n) is 5.13. The molecule has 0 heterocycles. The van der Waals surface area contributed by atoms with E-state index < -0.39 is 12.3 Å². The Hall–Kier alpha value is -0.960. The van der Waals surface area contributed by atoms with E-state index in [1.165, 1.54) is 0 Å². The Bertz CT molecular complexity index is 285. The molecule has 0 aliphatic carbocycles. The summed E-state index contributed by atoms with van der Waals surface area (Å²) in [6.07, 6.45) is -2.31. The van der Waals surface area contributed by atoms with E-state index in [4.69, 9.17) is 5.73 Å². The molecule has 1 aromatic rings. The van der Waals surface area contributed by atoms with Crippen LogP contribution in [0.4, 0.5) is 8.78 Å². The quantitative estimate of drug-likeness (QED) is 0.816. The van der Waals surface area contributed by atoms with Gasteiger partial charge in [0.05, 0.1) is 0 Å². The van der Waals surface area contributed by atoms with Crippen molar-refractivity contribution in [3.05, 3.63) is 35.4 Å². The third-order valence-corrected chi connectivity index (χ3v) is 2.59. The summed E-state index contributed by atoms with van der Waals surface area (Å²) in [6.45, 7) is 4.07. The van der Waals surface area contributed by atoms with Crippen LogP contribution in [0.15, 0.2) is 24.3 Å². The zero-order valence-corrected chi connectivity index (χ0v) is 9.08. The first kappa shape index (κ1) is 12.1. The lowest BCUT2D eigenvalue weighted by Gasteiger charge is -2.20. The number of halogens is 2. The lowest BCUT2D eigenvalue weighted by atomic mass is 9.88. The van der Waals surface area contributed by atoms with Gasteiger partial charge in [-0.2, -0.15) is 0 Å². The molecule has 0 aromatic heterocycles. The molecule has 3 heteroatoms. The van der Waals surface area contributed by atoms with Gasteiger partial charge in [0.2, 0.25) is 6.43 Å². The molecule has 0 fully saturated rings. The summed E-state index contributed by atoms with van der Waals surface area (Å²) in [6, 6.07) is 7.12. The van der Waals surface area contributed by atoms with Crippen LogP contribution in [0.1, 0.15) is 30.9 Å².